The summed E-state index contributed by atoms with van der Waals surface area (Å²) in [4.78, 5) is 22.8. The number of carbonyl (C=O) groups excluding carboxylic acids is 1. The first-order valence-corrected chi connectivity index (χ1v) is 6.98. The van der Waals surface area contributed by atoms with E-state index >= 15 is 0 Å². The molecule has 4 nitrogen and oxygen atoms in total. The van der Waals surface area contributed by atoms with E-state index in [1.165, 1.54) is 0 Å². The highest BCUT2D eigenvalue weighted by Gasteiger charge is 2.35. The molecule has 1 saturated carbocycles. The Morgan fingerprint density at radius 3 is 2.47 bits per heavy atom. The second-order valence-corrected chi connectivity index (χ2v) is 5.95. The van der Waals surface area contributed by atoms with Crippen molar-refractivity contribution in [3.63, 3.8) is 0 Å². The number of carboxylic acid groups (broad SMARTS) is 1. The molecule has 0 saturated heterocycles. The van der Waals surface area contributed by atoms with Crippen LogP contribution in [0.15, 0.2) is 16.6 Å². The minimum Gasteiger partial charge on any atom is -0.481 e. The van der Waals surface area contributed by atoms with Crippen molar-refractivity contribution in [2.45, 2.75) is 32.7 Å². The molecule has 1 fully saturated rings. The average molecular weight is 326 g/mol. The maximum atomic E-state index is 12.1. The fourth-order valence-corrected chi connectivity index (χ4v) is 2.68. The maximum absolute atomic E-state index is 12.1. The molecule has 0 heterocycles. The van der Waals surface area contributed by atoms with Crippen LogP contribution >= 0.6 is 15.9 Å². The van der Waals surface area contributed by atoms with Gasteiger partial charge in [-0.25, -0.2) is 0 Å². The van der Waals surface area contributed by atoms with Gasteiger partial charge in [0.1, 0.15) is 0 Å². The molecule has 1 amide bonds. The summed E-state index contributed by atoms with van der Waals surface area (Å²) in [5.74, 6) is -1.21. The molecule has 0 radical (unpaired) electrons. The van der Waals surface area contributed by atoms with Gasteiger partial charge in [-0.15, -0.1) is 0 Å². The molecule has 2 N–H and O–H groups in total. The van der Waals surface area contributed by atoms with E-state index in [0.29, 0.717) is 18.4 Å². The molecular formula is C14H16BrNO3. The third-order valence-electron chi connectivity index (χ3n) is 3.57. The summed E-state index contributed by atoms with van der Waals surface area (Å²) in [6.45, 7) is 3.82. The van der Waals surface area contributed by atoms with E-state index < -0.39 is 5.97 Å². The zero-order valence-corrected chi connectivity index (χ0v) is 12.5. The molecule has 0 atom stereocenters. The minimum absolute atomic E-state index is 0.0167. The summed E-state index contributed by atoms with van der Waals surface area (Å²) in [5, 5.41) is 11.7. The van der Waals surface area contributed by atoms with Gasteiger partial charge in [0.2, 0.25) is 0 Å². The lowest BCUT2D eigenvalue weighted by Crippen LogP contribution is -2.46. The fourth-order valence-electron chi connectivity index (χ4n) is 2.23. The van der Waals surface area contributed by atoms with Crippen LogP contribution in [0.3, 0.4) is 0 Å². The van der Waals surface area contributed by atoms with Crippen molar-refractivity contribution in [3.8, 4) is 0 Å². The first-order valence-electron chi connectivity index (χ1n) is 6.19. The first kappa shape index (κ1) is 14.1. The molecule has 0 aliphatic heterocycles. The van der Waals surface area contributed by atoms with Gasteiger partial charge in [0, 0.05) is 16.1 Å². The third kappa shape index (κ3) is 2.97. The molecule has 0 unspecified atom stereocenters. The van der Waals surface area contributed by atoms with Gasteiger partial charge in [0.15, 0.2) is 0 Å². The highest BCUT2D eigenvalue weighted by Crippen LogP contribution is 2.28. The molecule has 0 spiro atoms. The Kier molecular flexibility index (Phi) is 3.94. The van der Waals surface area contributed by atoms with Crippen LogP contribution in [0.2, 0.25) is 0 Å². The molecule has 0 aromatic heterocycles. The third-order valence-corrected chi connectivity index (χ3v) is 4.43. The lowest BCUT2D eigenvalue weighted by atomic mass is 9.80. The van der Waals surface area contributed by atoms with Crippen molar-refractivity contribution in [3.05, 3.63) is 33.3 Å². The molecule has 5 heteroatoms. The first-order chi connectivity index (χ1) is 8.88. The van der Waals surface area contributed by atoms with Crippen molar-refractivity contribution >= 4 is 27.8 Å². The average Bonchev–Trinajstić information content (AvgIpc) is 2.27. The van der Waals surface area contributed by atoms with Crippen molar-refractivity contribution in [1.82, 2.24) is 5.32 Å². The molecule has 1 aromatic carbocycles. The zero-order valence-electron chi connectivity index (χ0n) is 10.9. The standard InChI is InChI=1S/C14H16BrNO3/c1-7-4-12(15)8(2)3-11(7)13(17)16-10-5-9(6-10)14(18)19/h3-4,9-10H,5-6H2,1-2H3,(H,16,17)(H,18,19). The van der Waals surface area contributed by atoms with Gasteiger partial charge < -0.3 is 10.4 Å². The number of halogens is 1. The van der Waals surface area contributed by atoms with E-state index in [9.17, 15) is 9.59 Å². The van der Waals surface area contributed by atoms with Crippen LogP contribution in [0.4, 0.5) is 0 Å². The van der Waals surface area contributed by atoms with Crippen molar-refractivity contribution in [2.75, 3.05) is 0 Å². The second-order valence-electron chi connectivity index (χ2n) is 5.09. The van der Waals surface area contributed by atoms with Crippen molar-refractivity contribution < 1.29 is 14.7 Å². The Morgan fingerprint density at radius 2 is 1.89 bits per heavy atom. The van der Waals surface area contributed by atoms with E-state index in [4.69, 9.17) is 5.11 Å². The lowest BCUT2D eigenvalue weighted by Gasteiger charge is -2.33. The predicted octanol–water partition coefficient (Wildman–Crippen LogP) is 2.66. The van der Waals surface area contributed by atoms with Crippen molar-refractivity contribution in [2.24, 2.45) is 5.92 Å². The fraction of sp³-hybridized carbons (Fsp3) is 0.429. The van der Waals surface area contributed by atoms with Gasteiger partial charge >= 0.3 is 5.97 Å². The molecule has 1 aliphatic rings. The van der Waals surface area contributed by atoms with Gasteiger partial charge in [-0.2, -0.15) is 0 Å². The van der Waals surface area contributed by atoms with Crippen LogP contribution < -0.4 is 5.32 Å². The largest absolute Gasteiger partial charge is 0.481 e. The van der Waals surface area contributed by atoms with Crippen LogP contribution in [-0.2, 0) is 4.79 Å². The number of carbonyl (C=O) groups is 2. The number of aliphatic carboxylic acids is 1. The van der Waals surface area contributed by atoms with Gasteiger partial charge in [0.05, 0.1) is 5.92 Å². The van der Waals surface area contributed by atoms with E-state index in [0.717, 1.165) is 15.6 Å². The topological polar surface area (TPSA) is 66.4 Å². The molecule has 1 aliphatic carbocycles. The van der Waals surface area contributed by atoms with Crippen LogP contribution in [-0.4, -0.2) is 23.0 Å². The van der Waals surface area contributed by atoms with Crippen molar-refractivity contribution in [1.29, 1.82) is 0 Å². The number of nitrogens with one attached hydrogen (secondary N) is 1. The van der Waals surface area contributed by atoms with E-state index in [-0.39, 0.29) is 17.9 Å². The van der Waals surface area contributed by atoms with Gasteiger partial charge in [-0.05, 0) is 49.9 Å². The summed E-state index contributed by atoms with van der Waals surface area (Å²) in [7, 11) is 0. The van der Waals surface area contributed by atoms with Gasteiger partial charge in [-0.1, -0.05) is 15.9 Å². The normalized spacial score (nSPS) is 21.6. The van der Waals surface area contributed by atoms with Gasteiger partial charge in [-0.3, -0.25) is 9.59 Å². The van der Waals surface area contributed by atoms with E-state index in [1.54, 1.807) is 0 Å². The highest BCUT2D eigenvalue weighted by atomic mass is 79.9. The summed E-state index contributed by atoms with van der Waals surface area (Å²) in [6.07, 6.45) is 1.05. The SMILES string of the molecule is Cc1cc(C(=O)NC2CC(C(=O)O)C2)c(C)cc1Br. The van der Waals surface area contributed by atoms with Crippen LogP contribution in [0, 0.1) is 19.8 Å². The highest BCUT2D eigenvalue weighted by molar-refractivity contribution is 9.10. The van der Waals surface area contributed by atoms with E-state index in [1.807, 2.05) is 26.0 Å². The molecule has 19 heavy (non-hydrogen) atoms. The Morgan fingerprint density at radius 1 is 1.26 bits per heavy atom. The molecule has 2 rings (SSSR count). The van der Waals surface area contributed by atoms with Gasteiger partial charge in [0.25, 0.3) is 5.91 Å². The summed E-state index contributed by atoms with van der Waals surface area (Å²) >= 11 is 3.43. The molecule has 102 valence electrons. The summed E-state index contributed by atoms with van der Waals surface area (Å²) in [5.41, 5.74) is 2.57. The number of rotatable bonds is 3. The molecule has 0 bridgehead atoms. The number of hydrogen-bond donors (Lipinski definition) is 2. The predicted molar refractivity (Wildman–Crippen MR) is 75.2 cm³/mol. The maximum Gasteiger partial charge on any atom is 0.306 e. The second kappa shape index (κ2) is 5.33. The van der Waals surface area contributed by atoms with E-state index in [2.05, 4.69) is 21.2 Å². The Hall–Kier alpha value is -1.36. The quantitative estimate of drug-likeness (QED) is 0.897. The Balaban J connectivity index is 2.02. The van der Waals surface area contributed by atoms with Crippen LogP contribution in [0.25, 0.3) is 0 Å². The number of carboxylic acids is 1. The number of hydrogen-bond acceptors (Lipinski definition) is 2. The van der Waals surface area contributed by atoms with Crippen LogP contribution in [0.1, 0.15) is 34.3 Å². The molecule has 1 aromatic rings. The number of benzene rings is 1. The Labute approximate surface area is 120 Å². The summed E-state index contributed by atoms with van der Waals surface area (Å²) < 4.78 is 0.983. The minimum atomic E-state index is -0.777. The van der Waals surface area contributed by atoms with Crippen LogP contribution in [0.5, 0.6) is 0 Å². The summed E-state index contributed by atoms with van der Waals surface area (Å²) in [6, 6.07) is 3.75. The molecular weight excluding hydrogens is 310 g/mol. The lowest BCUT2D eigenvalue weighted by molar-refractivity contribution is -0.145. The Bertz CT molecular complexity index is 536. The number of amides is 1. The monoisotopic (exact) mass is 325 g/mol. The number of aryl methyl sites for hydroxylation is 2. The zero-order chi connectivity index (χ0) is 14.2. The smallest absolute Gasteiger partial charge is 0.306 e.